The largest absolute Gasteiger partial charge is 0.481 e. The SMILES string of the molecule is C#CCN(CCc1c[nH]c2nc(N)[nH]c(=O)c12)c1ccc(C(=O)N[C@@H](CCC(=O)N[C@@H](CCC(=O)O)C(=O)O)C(=O)O)c(F)c1. The number of anilines is 2. The fraction of sp³-hybridized carbons (Fsp3) is 0.321. The predicted molar refractivity (Wildman–Crippen MR) is 157 cm³/mol. The number of nitrogen functional groups attached to an aromatic ring is 1. The summed E-state index contributed by atoms with van der Waals surface area (Å²) in [6.07, 6.45) is 5.50. The monoisotopic (exact) mass is 627 g/mol. The van der Waals surface area contributed by atoms with Crippen LogP contribution in [0, 0.1) is 18.2 Å². The standard InChI is InChI=1S/C28H30FN7O9/c1-2-10-36(11-9-14-13-31-23-22(14)25(41)35-28(30)34-23)15-3-4-16(17(29)12-15)24(40)33-19(27(44)45)5-7-20(37)32-18(26(42)43)6-8-21(38)39/h1,3-4,12-13,18-19H,5-11H2,(H,32,37)(H,33,40)(H,38,39)(H,42,43)(H,44,45)(H4,30,31,34,35,41)/t18-,19-/m0/s1. The van der Waals surface area contributed by atoms with Crippen molar-refractivity contribution in [3.8, 4) is 12.3 Å². The average molecular weight is 628 g/mol. The zero-order chi connectivity index (χ0) is 33.3. The quantitative estimate of drug-likeness (QED) is 0.0980. The number of H-pyrrole nitrogens is 2. The molecule has 0 aliphatic heterocycles. The van der Waals surface area contributed by atoms with Crippen molar-refractivity contribution in [2.75, 3.05) is 23.7 Å². The van der Waals surface area contributed by atoms with Crippen molar-refractivity contribution in [1.82, 2.24) is 25.6 Å². The Labute approximate surface area is 253 Å². The summed E-state index contributed by atoms with van der Waals surface area (Å²) in [5.41, 5.74) is 5.88. The Morgan fingerprint density at radius 2 is 1.73 bits per heavy atom. The second-order valence-electron chi connectivity index (χ2n) is 9.82. The van der Waals surface area contributed by atoms with Crippen molar-refractivity contribution < 1.29 is 43.7 Å². The molecule has 3 aromatic rings. The van der Waals surface area contributed by atoms with E-state index in [2.05, 4.69) is 31.5 Å². The van der Waals surface area contributed by atoms with E-state index >= 15 is 4.39 Å². The van der Waals surface area contributed by atoms with Crippen molar-refractivity contribution in [1.29, 1.82) is 0 Å². The normalized spacial score (nSPS) is 12.1. The highest BCUT2D eigenvalue weighted by Gasteiger charge is 2.26. The highest BCUT2D eigenvalue weighted by molar-refractivity contribution is 5.97. The van der Waals surface area contributed by atoms with Crippen molar-refractivity contribution >= 4 is 52.4 Å². The number of fused-ring (bicyclic) bond motifs is 1. The van der Waals surface area contributed by atoms with E-state index < -0.39 is 78.0 Å². The van der Waals surface area contributed by atoms with Crippen molar-refractivity contribution in [2.24, 2.45) is 0 Å². The number of carboxylic acid groups (broad SMARTS) is 3. The number of terminal acetylenes is 1. The van der Waals surface area contributed by atoms with Crippen LogP contribution in [0.5, 0.6) is 0 Å². The maximum Gasteiger partial charge on any atom is 0.326 e. The molecule has 9 N–H and O–H groups in total. The van der Waals surface area contributed by atoms with Gasteiger partial charge in [0, 0.05) is 31.3 Å². The number of nitrogens with one attached hydrogen (secondary N) is 4. The smallest absolute Gasteiger partial charge is 0.326 e. The molecular formula is C28H30FN7O9. The number of nitrogens with zero attached hydrogens (tertiary/aromatic N) is 2. The van der Waals surface area contributed by atoms with Crippen LogP contribution >= 0.6 is 0 Å². The Morgan fingerprint density at radius 3 is 2.36 bits per heavy atom. The minimum absolute atomic E-state index is 0.0477. The van der Waals surface area contributed by atoms with Crippen LogP contribution in [0.4, 0.5) is 16.0 Å². The lowest BCUT2D eigenvalue weighted by Crippen LogP contribution is -2.44. The number of aliphatic carboxylic acids is 3. The van der Waals surface area contributed by atoms with Gasteiger partial charge < -0.3 is 41.6 Å². The molecule has 16 nitrogen and oxygen atoms in total. The van der Waals surface area contributed by atoms with E-state index in [-0.39, 0.29) is 25.5 Å². The second-order valence-corrected chi connectivity index (χ2v) is 9.82. The van der Waals surface area contributed by atoms with Gasteiger partial charge in [0.25, 0.3) is 11.5 Å². The number of nitrogens with two attached hydrogens (primary N) is 1. The summed E-state index contributed by atoms with van der Waals surface area (Å²) >= 11 is 0. The molecule has 17 heteroatoms. The fourth-order valence-electron chi connectivity index (χ4n) is 4.43. The Hall–Kier alpha value is -5.92. The molecule has 0 aliphatic carbocycles. The van der Waals surface area contributed by atoms with E-state index in [4.69, 9.17) is 22.4 Å². The third-order valence-electron chi connectivity index (χ3n) is 6.68. The highest BCUT2D eigenvalue weighted by Crippen LogP contribution is 2.21. The summed E-state index contributed by atoms with van der Waals surface area (Å²) < 4.78 is 15.1. The first-order chi connectivity index (χ1) is 21.3. The molecule has 3 rings (SSSR count). The topological polar surface area (TPSA) is 261 Å². The van der Waals surface area contributed by atoms with Gasteiger partial charge in [-0.05, 0) is 43.0 Å². The van der Waals surface area contributed by atoms with Gasteiger partial charge in [0.1, 0.15) is 23.5 Å². The number of hydrogen-bond donors (Lipinski definition) is 8. The van der Waals surface area contributed by atoms with Gasteiger partial charge in [-0.1, -0.05) is 5.92 Å². The number of aromatic nitrogens is 3. The number of aromatic amines is 2. The molecule has 1 aromatic carbocycles. The van der Waals surface area contributed by atoms with E-state index in [1.54, 1.807) is 11.1 Å². The third-order valence-corrected chi connectivity index (χ3v) is 6.68. The lowest BCUT2D eigenvalue weighted by Gasteiger charge is -2.23. The molecule has 0 saturated carbocycles. The molecule has 0 unspecified atom stereocenters. The van der Waals surface area contributed by atoms with Crippen LogP contribution < -0.4 is 26.8 Å². The molecule has 0 bridgehead atoms. The Bertz CT molecular complexity index is 1710. The van der Waals surface area contributed by atoms with Crippen LogP contribution in [0.2, 0.25) is 0 Å². The maximum absolute atomic E-state index is 15.1. The van der Waals surface area contributed by atoms with Crippen LogP contribution in [-0.2, 0) is 25.6 Å². The molecule has 2 heterocycles. The Morgan fingerprint density at radius 1 is 1.07 bits per heavy atom. The molecule has 0 fully saturated rings. The number of carbonyl (C=O) groups is 5. The summed E-state index contributed by atoms with van der Waals surface area (Å²) in [5, 5.41) is 32.0. The van der Waals surface area contributed by atoms with Gasteiger partial charge in [-0.15, -0.1) is 6.42 Å². The Balaban J connectivity index is 1.66. The van der Waals surface area contributed by atoms with Crippen LogP contribution in [0.3, 0.4) is 0 Å². The fourth-order valence-corrected chi connectivity index (χ4v) is 4.43. The van der Waals surface area contributed by atoms with Crippen molar-refractivity contribution in [2.45, 2.75) is 44.2 Å². The average Bonchev–Trinajstić information content (AvgIpc) is 3.37. The first-order valence-corrected chi connectivity index (χ1v) is 13.4. The minimum atomic E-state index is -1.63. The molecule has 0 spiro atoms. The number of carbonyl (C=O) groups excluding carboxylic acids is 2. The molecule has 0 saturated heterocycles. The summed E-state index contributed by atoms with van der Waals surface area (Å²) in [6, 6.07) is 0.453. The second kappa shape index (κ2) is 15.0. The number of rotatable bonds is 16. The van der Waals surface area contributed by atoms with Crippen LogP contribution in [0.1, 0.15) is 41.6 Å². The third kappa shape index (κ3) is 9.03. The van der Waals surface area contributed by atoms with Crippen LogP contribution in [0.15, 0.2) is 29.2 Å². The zero-order valence-corrected chi connectivity index (χ0v) is 23.6. The molecular weight excluding hydrogens is 597 g/mol. The van der Waals surface area contributed by atoms with Crippen molar-refractivity contribution in [3.05, 3.63) is 51.7 Å². The lowest BCUT2D eigenvalue weighted by atomic mass is 10.1. The minimum Gasteiger partial charge on any atom is -0.481 e. The van der Waals surface area contributed by atoms with Crippen molar-refractivity contribution in [3.63, 3.8) is 0 Å². The molecule has 2 atom stereocenters. The van der Waals surface area contributed by atoms with E-state index in [0.29, 0.717) is 28.7 Å². The zero-order valence-electron chi connectivity index (χ0n) is 23.6. The predicted octanol–water partition coefficient (Wildman–Crippen LogP) is 0.0522. The van der Waals surface area contributed by atoms with Crippen LogP contribution in [0.25, 0.3) is 11.0 Å². The molecule has 0 aliphatic rings. The molecule has 45 heavy (non-hydrogen) atoms. The Kier molecular flexibility index (Phi) is 11.2. The summed E-state index contributed by atoms with van der Waals surface area (Å²) in [6.45, 7) is 0.297. The van der Waals surface area contributed by atoms with Gasteiger partial charge in [0.05, 0.1) is 17.5 Å². The van der Waals surface area contributed by atoms with Gasteiger partial charge in [0.2, 0.25) is 11.9 Å². The van der Waals surface area contributed by atoms with E-state index in [0.717, 1.165) is 12.1 Å². The number of halogens is 1. The first-order valence-electron chi connectivity index (χ1n) is 13.4. The van der Waals surface area contributed by atoms with E-state index in [1.165, 1.54) is 6.07 Å². The highest BCUT2D eigenvalue weighted by atomic mass is 19.1. The molecule has 2 aromatic heterocycles. The van der Waals surface area contributed by atoms with Gasteiger partial charge in [-0.2, -0.15) is 4.98 Å². The first kappa shape index (κ1) is 33.6. The van der Waals surface area contributed by atoms with Crippen LogP contribution in [-0.4, -0.2) is 85.2 Å². The number of benzene rings is 1. The summed E-state index contributed by atoms with van der Waals surface area (Å²) in [7, 11) is 0. The van der Waals surface area contributed by atoms with Gasteiger partial charge in [-0.3, -0.25) is 24.2 Å². The summed E-state index contributed by atoms with van der Waals surface area (Å²) in [5.74, 6) is -4.79. The molecule has 2 amide bonds. The molecule has 238 valence electrons. The molecule has 0 radical (unpaired) electrons. The van der Waals surface area contributed by atoms with E-state index in [1.807, 2.05) is 0 Å². The van der Waals surface area contributed by atoms with E-state index in [9.17, 15) is 33.9 Å². The lowest BCUT2D eigenvalue weighted by molar-refractivity contribution is -0.143. The van der Waals surface area contributed by atoms with Gasteiger partial charge in [-0.25, -0.2) is 14.0 Å². The maximum atomic E-state index is 15.1. The van der Waals surface area contributed by atoms with Gasteiger partial charge in [0.15, 0.2) is 0 Å². The number of amides is 2. The van der Waals surface area contributed by atoms with Gasteiger partial charge >= 0.3 is 17.9 Å². The number of carboxylic acids is 3. The number of hydrogen-bond acceptors (Lipinski definition) is 9. The summed E-state index contributed by atoms with van der Waals surface area (Å²) in [4.78, 5) is 81.9.